The highest BCUT2D eigenvalue weighted by molar-refractivity contribution is 6.28. The topological polar surface area (TPSA) is 81.9 Å². The lowest BCUT2D eigenvalue weighted by molar-refractivity contribution is -0.143. The van der Waals surface area contributed by atoms with Crippen LogP contribution in [-0.2, 0) is 16.1 Å². The zero-order chi connectivity index (χ0) is 13.1. The number of rotatable bonds is 4. The predicted molar refractivity (Wildman–Crippen MR) is 66.5 cm³/mol. The van der Waals surface area contributed by atoms with E-state index in [1.54, 1.807) is 18.5 Å². The summed E-state index contributed by atoms with van der Waals surface area (Å²) in [5, 5.41) is 2.97. The van der Waals surface area contributed by atoms with Crippen LogP contribution in [0.25, 0.3) is 11.2 Å². The summed E-state index contributed by atoms with van der Waals surface area (Å²) in [5.41, 5.74) is 1.05. The molecule has 96 valence electrons. The SMILES string of the molecule is CCOC(=O)Cn1cnc2c(NC)nc(Cl)nc21. The van der Waals surface area contributed by atoms with Crippen LogP contribution >= 0.6 is 11.6 Å². The second-order valence-corrected chi connectivity index (χ2v) is 3.78. The number of anilines is 1. The quantitative estimate of drug-likeness (QED) is 0.661. The number of ether oxygens (including phenoxy) is 1. The van der Waals surface area contributed by atoms with Gasteiger partial charge < -0.3 is 14.6 Å². The molecule has 0 aliphatic heterocycles. The Balaban J connectivity index is 2.41. The van der Waals surface area contributed by atoms with Gasteiger partial charge >= 0.3 is 5.97 Å². The second kappa shape index (κ2) is 5.18. The highest BCUT2D eigenvalue weighted by Crippen LogP contribution is 2.20. The summed E-state index contributed by atoms with van der Waals surface area (Å²) >= 11 is 5.81. The van der Waals surface area contributed by atoms with E-state index in [9.17, 15) is 4.79 Å². The molecule has 2 aromatic heterocycles. The first-order chi connectivity index (χ1) is 8.65. The molecule has 8 heteroatoms. The van der Waals surface area contributed by atoms with Crippen molar-refractivity contribution in [2.24, 2.45) is 0 Å². The molecular formula is C10H12ClN5O2. The molecule has 0 bridgehead atoms. The van der Waals surface area contributed by atoms with E-state index < -0.39 is 0 Å². The standard InChI is InChI=1S/C10H12ClN5O2/c1-3-18-6(17)4-16-5-13-7-8(12-2)14-10(11)15-9(7)16/h5H,3-4H2,1-2H3,(H,12,14,15). The van der Waals surface area contributed by atoms with Gasteiger partial charge in [0, 0.05) is 7.05 Å². The van der Waals surface area contributed by atoms with E-state index in [0.717, 1.165) is 0 Å². The van der Waals surface area contributed by atoms with Gasteiger partial charge in [-0.2, -0.15) is 9.97 Å². The number of aromatic nitrogens is 4. The lowest BCUT2D eigenvalue weighted by Crippen LogP contribution is -2.13. The number of carbonyl (C=O) groups excluding carboxylic acids is 1. The fourth-order valence-corrected chi connectivity index (χ4v) is 1.72. The number of hydrogen-bond donors (Lipinski definition) is 1. The normalized spacial score (nSPS) is 10.6. The highest BCUT2D eigenvalue weighted by Gasteiger charge is 2.13. The van der Waals surface area contributed by atoms with Crippen molar-refractivity contribution < 1.29 is 9.53 Å². The Morgan fingerprint density at radius 2 is 2.33 bits per heavy atom. The van der Waals surface area contributed by atoms with E-state index in [1.807, 2.05) is 0 Å². The van der Waals surface area contributed by atoms with Gasteiger partial charge in [0.2, 0.25) is 5.28 Å². The van der Waals surface area contributed by atoms with Gasteiger partial charge in [0.05, 0.1) is 12.9 Å². The number of hydrogen-bond acceptors (Lipinski definition) is 6. The van der Waals surface area contributed by atoms with Gasteiger partial charge in [0.1, 0.15) is 6.54 Å². The summed E-state index contributed by atoms with van der Waals surface area (Å²) in [6.07, 6.45) is 1.51. The lowest BCUT2D eigenvalue weighted by Gasteiger charge is -2.04. The molecule has 0 aromatic carbocycles. The molecule has 0 aliphatic carbocycles. The first kappa shape index (κ1) is 12.6. The van der Waals surface area contributed by atoms with Gasteiger partial charge in [0.25, 0.3) is 0 Å². The molecule has 0 amide bonds. The number of imidazole rings is 1. The predicted octanol–water partition coefficient (Wildman–Crippen LogP) is 1.08. The Hall–Kier alpha value is -1.89. The van der Waals surface area contributed by atoms with Crippen molar-refractivity contribution in [1.29, 1.82) is 0 Å². The molecular weight excluding hydrogens is 258 g/mol. The van der Waals surface area contributed by atoms with Crippen LogP contribution in [0, 0.1) is 0 Å². The summed E-state index contributed by atoms with van der Waals surface area (Å²) in [5.74, 6) is 0.171. The summed E-state index contributed by atoms with van der Waals surface area (Å²) in [4.78, 5) is 23.6. The number of nitrogens with zero attached hydrogens (tertiary/aromatic N) is 4. The maximum atomic E-state index is 11.4. The molecule has 2 rings (SSSR count). The first-order valence-electron chi connectivity index (χ1n) is 5.37. The van der Waals surface area contributed by atoms with Gasteiger partial charge in [-0.1, -0.05) is 0 Å². The Bertz CT molecular complexity index is 583. The smallest absolute Gasteiger partial charge is 0.326 e. The van der Waals surface area contributed by atoms with Crippen LogP contribution in [0.15, 0.2) is 6.33 Å². The minimum atomic E-state index is -0.349. The molecule has 0 saturated carbocycles. The molecule has 0 atom stereocenters. The first-order valence-corrected chi connectivity index (χ1v) is 5.75. The van der Waals surface area contributed by atoms with Gasteiger partial charge in [-0.15, -0.1) is 0 Å². The maximum Gasteiger partial charge on any atom is 0.326 e. The largest absolute Gasteiger partial charge is 0.465 e. The van der Waals surface area contributed by atoms with Crippen molar-refractivity contribution >= 4 is 34.6 Å². The molecule has 0 spiro atoms. The molecule has 0 unspecified atom stereocenters. The summed E-state index contributed by atoms with van der Waals surface area (Å²) in [7, 11) is 1.71. The maximum absolute atomic E-state index is 11.4. The van der Waals surface area contributed by atoms with E-state index in [-0.39, 0.29) is 17.8 Å². The van der Waals surface area contributed by atoms with Crippen LogP contribution in [-0.4, -0.2) is 39.1 Å². The van der Waals surface area contributed by atoms with E-state index >= 15 is 0 Å². The highest BCUT2D eigenvalue weighted by atomic mass is 35.5. The molecule has 2 heterocycles. The number of esters is 1. The average Bonchev–Trinajstić information content (AvgIpc) is 2.72. The second-order valence-electron chi connectivity index (χ2n) is 3.44. The minimum absolute atomic E-state index is 0.0425. The zero-order valence-corrected chi connectivity index (χ0v) is 10.7. The number of nitrogens with one attached hydrogen (secondary N) is 1. The summed E-state index contributed by atoms with van der Waals surface area (Å²) < 4.78 is 6.44. The van der Waals surface area contributed by atoms with E-state index in [0.29, 0.717) is 23.6 Å². The van der Waals surface area contributed by atoms with Crippen molar-refractivity contribution in [3.63, 3.8) is 0 Å². The van der Waals surface area contributed by atoms with Gasteiger partial charge in [0.15, 0.2) is 17.0 Å². The van der Waals surface area contributed by atoms with Crippen molar-refractivity contribution in [2.45, 2.75) is 13.5 Å². The van der Waals surface area contributed by atoms with Crippen LogP contribution in [0.1, 0.15) is 6.92 Å². The third-order valence-corrected chi connectivity index (χ3v) is 2.45. The fourth-order valence-electron chi connectivity index (χ4n) is 1.55. The van der Waals surface area contributed by atoms with E-state index in [1.165, 1.54) is 6.33 Å². The van der Waals surface area contributed by atoms with Crippen LogP contribution < -0.4 is 5.32 Å². The zero-order valence-electron chi connectivity index (χ0n) is 9.97. The molecule has 1 N–H and O–H groups in total. The Kier molecular flexibility index (Phi) is 3.61. The lowest BCUT2D eigenvalue weighted by atomic mass is 10.5. The molecule has 0 saturated heterocycles. The van der Waals surface area contributed by atoms with Crippen LogP contribution in [0.5, 0.6) is 0 Å². The van der Waals surface area contributed by atoms with Crippen LogP contribution in [0.4, 0.5) is 5.82 Å². The van der Waals surface area contributed by atoms with Crippen molar-refractivity contribution in [2.75, 3.05) is 19.0 Å². The number of halogens is 1. The third kappa shape index (κ3) is 2.35. The molecule has 7 nitrogen and oxygen atoms in total. The number of fused-ring (bicyclic) bond motifs is 1. The van der Waals surface area contributed by atoms with Crippen molar-refractivity contribution in [3.8, 4) is 0 Å². The average molecular weight is 270 g/mol. The summed E-state index contributed by atoms with van der Waals surface area (Å²) in [6.45, 7) is 2.13. The molecule has 0 aliphatic rings. The number of carbonyl (C=O) groups is 1. The Labute approximate surface area is 108 Å². The van der Waals surface area contributed by atoms with Gasteiger partial charge in [-0.05, 0) is 18.5 Å². The molecule has 0 radical (unpaired) electrons. The molecule has 0 fully saturated rings. The minimum Gasteiger partial charge on any atom is -0.465 e. The molecule has 18 heavy (non-hydrogen) atoms. The van der Waals surface area contributed by atoms with Gasteiger partial charge in [-0.3, -0.25) is 4.79 Å². The third-order valence-electron chi connectivity index (χ3n) is 2.28. The summed E-state index contributed by atoms with van der Waals surface area (Å²) in [6, 6.07) is 0. The Morgan fingerprint density at radius 3 is 3.00 bits per heavy atom. The monoisotopic (exact) mass is 269 g/mol. The van der Waals surface area contributed by atoms with E-state index in [4.69, 9.17) is 16.3 Å². The fraction of sp³-hybridized carbons (Fsp3) is 0.400. The molecule has 2 aromatic rings. The van der Waals surface area contributed by atoms with Crippen molar-refractivity contribution in [1.82, 2.24) is 19.5 Å². The van der Waals surface area contributed by atoms with Crippen LogP contribution in [0.3, 0.4) is 0 Å². The van der Waals surface area contributed by atoms with Crippen molar-refractivity contribution in [3.05, 3.63) is 11.6 Å². The van der Waals surface area contributed by atoms with E-state index in [2.05, 4.69) is 20.3 Å². The van der Waals surface area contributed by atoms with Crippen LogP contribution in [0.2, 0.25) is 5.28 Å². The Morgan fingerprint density at radius 1 is 1.56 bits per heavy atom. The van der Waals surface area contributed by atoms with Gasteiger partial charge in [-0.25, -0.2) is 4.98 Å².